The first-order valence-corrected chi connectivity index (χ1v) is 8.64. The van der Waals surface area contributed by atoms with Crippen LogP contribution in [0.2, 0.25) is 0 Å². The van der Waals surface area contributed by atoms with Crippen LogP contribution in [-0.2, 0) is 16.6 Å². The molecule has 20 heavy (non-hydrogen) atoms. The van der Waals surface area contributed by atoms with Gasteiger partial charge < -0.3 is 0 Å². The van der Waals surface area contributed by atoms with Gasteiger partial charge in [-0.2, -0.15) is 0 Å². The van der Waals surface area contributed by atoms with Gasteiger partial charge in [0.25, 0.3) is 0 Å². The highest BCUT2D eigenvalue weighted by molar-refractivity contribution is 9.10. The van der Waals surface area contributed by atoms with Gasteiger partial charge >= 0.3 is 0 Å². The largest absolute Gasteiger partial charge is 0.243 e. The van der Waals surface area contributed by atoms with Gasteiger partial charge in [-0.3, -0.25) is 0 Å². The number of rotatable bonds is 4. The molecule has 0 fully saturated rings. The summed E-state index contributed by atoms with van der Waals surface area (Å²) in [5, 5.41) is 0. The van der Waals surface area contributed by atoms with Gasteiger partial charge in [-0.25, -0.2) is 17.5 Å². The van der Waals surface area contributed by atoms with Crippen LogP contribution in [0.25, 0.3) is 0 Å². The Morgan fingerprint density at radius 1 is 1.00 bits per heavy atom. The molecule has 0 radical (unpaired) electrons. The van der Waals surface area contributed by atoms with Crippen molar-refractivity contribution in [3.05, 3.63) is 62.8 Å². The van der Waals surface area contributed by atoms with Crippen molar-refractivity contribution in [2.45, 2.75) is 11.4 Å². The minimum Gasteiger partial charge on any atom is -0.207 e. The fraction of sp³-hybridized carbons (Fsp3) is 0.0769. The van der Waals surface area contributed by atoms with E-state index in [1.807, 2.05) is 12.1 Å². The van der Waals surface area contributed by atoms with Gasteiger partial charge in [0.05, 0.1) is 0 Å². The summed E-state index contributed by atoms with van der Waals surface area (Å²) in [6.45, 7) is 0.102. The maximum atomic E-state index is 13.7. The number of sulfonamides is 1. The lowest BCUT2D eigenvalue weighted by atomic mass is 10.2. The third-order valence-corrected chi connectivity index (χ3v) is 5.02. The maximum absolute atomic E-state index is 13.7. The van der Waals surface area contributed by atoms with Crippen LogP contribution in [0.5, 0.6) is 0 Å². The Morgan fingerprint density at radius 3 is 2.20 bits per heavy atom. The lowest BCUT2D eigenvalue weighted by Crippen LogP contribution is -2.24. The zero-order valence-electron chi connectivity index (χ0n) is 10.1. The highest BCUT2D eigenvalue weighted by Crippen LogP contribution is 2.19. The molecule has 0 amide bonds. The van der Waals surface area contributed by atoms with Crippen LogP contribution in [0, 0.1) is 5.82 Å². The van der Waals surface area contributed by atoms with E-state index in [1.165, 1.54) is 12.1 Å². The van der Waals surface area contributed by atoms with Gasteiger partial charge in [-0.05, 0) is 35.9 Å². The van der Waals surface area contributed by atoms with E-state index in [9.17, 15) is 12.8 Å². The van der Waals surface area contributed by atoms with Crippen molar-refractivity contribution in [3.63, 3.8) is 0 Å². The molecule has 0 aliphatic carbocycles. The van der Waals surface area contributed by atoms with Crippen molar-refractivity contribution in [1.29, 1.82) is 0 Å². The van der Waals surface area contributed by atoms with Gasteiger partial charge in [0.15, 0.2) is 0 Å². The molecular weight excluding hydrogens is 413 g/mol. The molecule has 0 unspecified atom stereocenters. The smallest absolute Gasteiger partial charge is 0.207 e. The molecule has 0 saturated carbocycles. The molecule has 0 spiro atoms. The molecule has 0 atom stereocenters. The number of halogens is 3. The summed E-state index contributed by atoms with van der Waals surface area (Å²) in [5.74, 6) is -0.789. The highest BCUT2D eigenvalue weighted by Gasteiger charge is 2.18. The molecule has 106 valence electrons. The summed E-state index contributed by atoms with van der Waals surface area (Å²) in [6, 6.07) is 11.0. The Kier molecular flexibility index (Phi) is 4.95. The van der Waals surface area contributed by atoms with Gasteiger partial charge in [0.2, 0.25) is 10.0 Å². The van der Waals surface area contributed by atoms with E-state index in [-0.39, 0.29) is 11.4 Å². The molecule has 0 heterocycles. The molecule has 0 aromatic heterocycles. The Hall–Kier alpha value is -0.760. The molecule has 2 aromatic carbocycles. The first-order chi connectivity index (χ1) is 9.38. The monoisotopic (exact) mass is 421 g/mol. The predicted molar refractivity (Wildman–Crippen MR) is 82.3 cm³/mol. The van der Waals surface area contributed by atoms with Crippen molar-refractivity contribution in [2.24, 2.45) is 0 Å². The Morgan fingerprint density at radius 2 is 1.60 bits per heavy atom. The number of nitrogens with one attached hydrogen (secondary N) is 1. The summed E-state index contributed by atoms with van der Waals surface area (Å²) in [5.41, 5.74) is 0.786. The average Bonchev–Trinajstić information content (AvgIpc) is 2.37. The lowest BCUT2D eigenvalue weighted by molar-refractivity contribution is 0.556. The van der Waals surface area contributed by atoms with E-state index in [4.69, 9.17) is 0 Å². The topological polar surface area (TPSA) is 46.2 Å². The maximum Gasteiger partial charge on any atom is 0.243 e. The van der Waals surface area contributed by atoms with Crippen LogP contribution in [0.3, 0.4) is 0 Å². The minimum absolute atomic E-state index is 0.102. The Balaban J connectivity index is 2.17. The minimum atomic E-state index is -3.87. The summed E-state index contributed by atoms with van der Waals surface area (Å²) in [4.78, 5) is -0.363. The molecule has 0 aliphatic heterocycles. The number of hydrogen-bond acceptors (Lipinski definition) is 2. The number of benzene rings is 2. The van der Waals surface area contributed by atoms with E-state index in [1.54, 1.807) is 12.1 Å². The van der Waals surface area contributed by atoms with Crippen molar-refractivity contribution < 1.29 is 12.8 Å². The quantitative estimate of drug-likeness (QED) is 0.813. The highest BCUT2D eigenvalue weighted by atomic mass is 79.9. The summed E-state index contributed by atoms with van der Waals surface area (Å²) >= 11 is 6.38. The molecule has 2 aromatic rings. The Bertz CT molecular complexity index is 718. The Labute approximate surface area is 133 Å². The van der Waals surface area contributed by atoms with Crippen molar-refractivity contribution >= 4 is 41.9 Å². The zero-order chi connectivity index (χ0) is 14.8. The van der Waals surface area contributed by atoms with E-state index >= 15 is 0 Å². The normalized spacial score (nSPS) is 11.6. The lowest BCUT2D eigenvalue weighted by Gasteiger charge is -2.08. The van der Waals surface area contributed by atoms with Crippen LogP contribution in [0.4, 0.5) is 4.39 Å². The fourth-order valence-corrected chi connectivity index (χ4v) is 3.22. The predicted octanol–water partition coefficient (Wildman–Crippen LogP) is 3.83. The standard InChI is InChI=1S/C13H10Br2FNO2S/c14-10-3-1-9(2-4-10)8-17-20(18,19)13-6-5-11(15)7-12(13)16/h1-7,17H,8H2. The summed E-state index contributed by atoms with van der Waals surface area (Å²) in [7, 11) is -3.87. The SMILES string of the molecule is O=S(=O)(NCc1ccc(Br)cc1)c1ccc(Br)cc1F. The molecule has 1 N–H and O–H groups in total. The molecule has 0 bridgehead atoms. The van der Waals surface area contributed by atoms with Gasteiger partial charge in [-0.15, -0.1) is 0 Å². The zero-order valence-corrected chi connectivity index (χ0v) is 14.1. The van der Waals surface area contributed by atoms with Crippen LogP contribution in [0.15, 0.2) is 56.3 Å². The molecule has 3 nitrogen and oxygen atoms in total. The van der Waals surface area contributed by atoms with Crippen molar-refractivity contribution in [2.75, 3.05) is 0 Å². The molecule has 0 aliphatic rings. The first-order valence-electron chi connectivity index (χ1n) is 5.58. The van der Waals surface area contributed by atoms with Gasteiger partial charge in [0, 0.05) is 15.5 Å². The van der Waals surface area contributed by atoms with E-state index < -0.39 is 15.8 Å². The van der Waals surface area contributed by atoms with Crippen LogP contribution in [0.1, 0.15) is 5.56 Å². The average molecular weight is 423 g/mol. The molecule has 7 heteroatoms. The first kappa shape index (κ1) is 15.6. The second kappa shape index (κ2) is 6.34. The van der Waals surface area contributed by atoms with Crippen molar-refractivity contribution in [1.82, 2.24) is 4.72 Å². The third kappa shape index (κ3) is 3.88. The second-order valence-electron chi connectivity index (χ2n) is 4.03. The van der Waals surface area contributed by atoms with Crippen LogP contribution in [-0.4, -0.2) is 8.42 Å². The van der Waals surface area contributed by atoms with E-state index in [0.29, 0.717) is 4.47 Å². The number of hydrogen-bond donors (Lipinski definition) is 1. The molecule has 0 saturated heterocycles. The molecule has 2 rings (SSSR count). The van der Waals surface area contributed by atoms with Gasteiger partial charge in [-0.1, -0.05) is 44.0 Å². The van der Waals surface area contributed by atoms with Crippen molar-refractivity contribution in [3.8, 4) is 0 Å². The second-order valence-corrected chi connectivity index (χ2v) is 7.59. The van der Waals surface area contributed by atoms with E-state index in [2.05, 4.69) is 36.6 Å². The van der Waals surface area contributed by atoms with Crippen LogP contribution >= 0.6 is 31.9 Å². The summed E-state index contributed by atoms with van der Waals surface area (Å²) in [6.07, 6.45) is 0. The molecular formula is C13H10Br2FNO2S. The summed E-state index contributed by atoms with van der Waals surface area (Å²) < 4.78 is 41.5. The fourth-order valence-electron chi connectivity index (χ4n) is 1.55. The third-order valence-electron chi connectivity index (χ3n) is 2.56. The van der Waals surface area contributed by atoms with Crippen LogP contribution < -0.4 is 4.72 Å². The van der Waals surface area contributed by atoms with E-state index in [0.717, 1.165) is 16.1 Å². The van der Waals surface area contributed by atoms with Gasteiger partial charge in [0.1, 0.15) is 10.7 Å².